The minimum atomic E-state index is 0.448. The molecule has 2 bridgehead atoms. The van der Waals surface area contributed by atoms with Gasteiger partial charge in [0.15, 0.2) is 0 Å². The van der Waals surface area contributed by atoms with Gasteiger partial charge >= 0.3 is 0 Å². The van der Waals surface area contributed by atoms with Gasteiger partial charge in [0.2, 0.25) is 0 Å². The zero-order chi connectivity index (χ0) is 17.3. The maximum absolute atomic E-state index is 5.61. The SMILES string of the molecule is CC1(C)C2CCC1(CSNCc1ccccc1)C(N1CCOCC1)C2. The van der Waals surface area contributed by atoms with Crippen LogP contribution < -0.4 is 4.72 Å². The number of fused-ring (bicyclic) bond motifs is 2. The Morgan fingerprint density at radius 2 is 1.96 bits per heavy atom. The minimum Gasteiger partial charge on any atom is -0.379 e. The van der Waals surface area contributed by atoms with Crippen molar-refractivity contribution in [2.24, 2.45) is 16.7 Å². The number of morpholine rings is 1. The van der Waals surface area contributed by atoms with Gasteiger partial charge in [0, 0.05) is 36.8 Å². The Bertz CT molecular complexity index is 573. The molecule has 0 amide bonds. The highest BCUT2D eigenvalue weighted by molar-refractivity contribution is 7.97. The molecule has 1 aromatic rings. The molecule has 138 valence electrons. The Morgan fingerprint density at radius 1 is 1.20 bits per heavy atom. The second-order valence-corrected chi connectivity index (χ2v) is 9.47. The lowest BCUT2D eigenvalue weighted by atomic mass is 9.68. The van der Waals surface area contributed by atoms with Gasteiger partial charge in [0.05, 0.1) is 13.2 Å². The van der Waals surface area contributed by atoms with E-state index in [0.717, 1.165) is 44.8 Å². The molecule has 3 unspecified atom stereocenters. The second kappa shape index (κ2) is 7.22. The van der Waals surface area contributed by atoms with Crippen molar-refractivity contribution in [3.63, 3.8) is 0 Å². The summed E-state index contributed by atoms with van der Waals surface area (Å²) in [6.45, 7) is 10.1. The smallest absolute Gasteiger partial charge is 0.0594 e. The maximum atomic E-state index is 5.61. The molecular weight excluding hydrogens is 328 g/mol. The van der Waals surface area contributed by atoms with E-state index in [-0.39, 0.29) is 0 Å². The first-order valence-corrected chi connectivity index (χ1v) is 10.8. The average molecular weight is 361 g/mol. The average Bonchev–Trinajstić information content (AvgIpc) is 3.03. The first kappa shape index (κ1) is 17.8. The Kier molecular flexibility index (Phi) is 5.16. The van der Waals surface area contributed by atoms with E-state index >= 15 is 0 Å². The highest BCUT2D eigenvalue weighted by Crippen LogP contribution is 2.67. The largest absolute Gasteiger partial charge is 0.379 e. The molecule has 1 aromatic carbocycles. The number of nitrogens with one attached hydrogen (secondary N) is 1. The van der Waals surface area contributed by atoms with Crippen molar-refractivity contribution >= 4 is 11.9 Å². The zero-order valence-electron chi connectivity index (χ0n) is 15.7. The topological polar surface area (TPSA) is 24.5 Å². The van der Waals surface area contributed by atoms with Crippen molar-refractivity contribution in [1.82, 2.24) is 9.62 Å². The molecule has 0 aromatic heterocycles. The van der Waals surface area contributed by atoms with Crippen LogP contribution in [0, 0.1) is 16.7 Å². The Balaban J connectivity index is 1.42. The third-order valence-electron chi connectivity index (χ3n) is 7.43. The van der Waals surface area contributed by atoms with Crippen molar-refractivity contribution in [1.29, 1.82) is 0 Å². The van der Waals surface area contributed by atoms with Gasteiger partial charge in [0.25, 0.3) is 0 Å². The van der Waals surface area contributed by atoms with Gasteiger partial charge in [-0.1, -0.05) is 56.1 Å². The standard InChI is InChI=1S/C21H32N2OS/c1-20(2)18-8-9-21(20,19(14-18)23-10-12-24-13-11-23)16-25-22-15-17-6-4-3-5-7-17/h3-7,18-19,22H,8-16H2,1-2H3. The van der Waals surface area contributed by atoms with Crippen LogP contribution in [-0.2, 0) is 11.3 Å². The monoisotopic (exact) mass is 360 g/mol. The van der Waals surface area contributed by atoms with Gasteiger partial charge in [-0.2, -0.15) is 0 Å². The van der Waals surface area contributed by atoms with Crippen LogP contribution >= 0.6 is 11.9 Å². The highest BCUT2D eigenvalue weighted by atomic mass is 32.2. The van der Waals surface area contributed by atoms with Crippen LogP contribution in [0.5, 0.6) is 0 Å². The quantitative estimate of drug-likeness (QED) is 0.613. The fraction of sp³-hybridized carbons (Fsp3) is 0.714. The molecule has 3 atom stereocenters. The number of ether oxygens (including phenoxy) is 1. The normalized spacial score (nSPS) is 34.5. The van der Waals surface area contributed by atoms with Crippen LogP contribution in [0.15, 0.2) is 30.3 Å². The predicted octanol–water partition coefficient (Wildman–Crippen LogP) is 3.95. The van der Waals surface area contributed by atoms with Crippen molar-refractivity contribution < 1.29 is 4.74 Å². The molecule has 4 heteroatoms. The Labute approximate surface area is 157 Å². The van der Waals surface area contributed by atoms with E-state index in [2.05, 4.69) is 53.8 Å². The van der Waals surface area contributed by atoms with Crippen LogP contribution in [-0.4, -0.2) is 43.0 Å². The van der Waals surface area contributed by atoms with Crippen LogP contribution in [0.1, 0.15) is 38.7 Å². The summed E-state index contributed by atoms with van der Waals surface area (Å²) < 4.78 is 9.25. The van der Waals surface area contributed by atoms with Crippen LogP contribution in [0.2, 0.25) is 0 Å². The van der Waals surface area contributed by atoms with Crippen LogP contribution in [0.3, 0.4) is 0 Å². The Morgan fingerprint density at radius 3 is 2.68 bits per heavy atom. The van der Waals surface area contributed by atoms with E-state index < -0.39 is 0 Å². The molecule has 3 nitrogen and oxygen atoms in total. The number of benzene rings is 1. The van der Waals surface area contributed by atoms with Gasteiger partial charge in [-0.25, -0.2) is 0 Å². The van der Waals surface area contributed by atoms with Gasteiger partial charge in [0.1, 0.15) is 0 Å². The summed E-state index contributed by atoms with van der Waals surface area (Å²) in [5, 5.41) is 0. The van der Waals surface area contributed by atoms with E-state index in [1.165, 1.54) is 30.6 Å². The minimum absolute atomic E-state index is 0.448. The molecule has 2 saturated carbocycles. The van der Waals surface area contributed by atoms with Crippen molar-refractivity contribution in [2.45, 2.75) is 45.7 Å². The summed E-state index contributed by atoms with van der Waals surface area (Å²) in [6.07, 6.45) is 4.21. The van der Waals surface area contributed by atoms with E-state index in [1.54, 1.807) is 0 Å². The predicted molar refractivity (Wildman–Crippen MR) is 105 cm³/mol. The molecule has 0 radical (unpaired) electrons. The first-order valence-electron chi connectivity index (χ1n) is 9.84. The summed E-state index contributed by atoms with van der Waals surface area (Å²) in [5.41, 5.74) is 2.27. The summed E-state index contributed by atoms with van der Waals surface area (Å²) in [4.78, 5) is 2.75. The van der Waals surface area contributed by atoms with Gasteiger partial charge in [-0.05, 0) is 36.2 Å². The maximum Gasteiger partial charge on any atom is 0.0594 e. The van der Waals surface area contributed by atoms with E-state index in [1.807, 2.05) is 11.9 Å². The first-order chi connectivity index (χ1) is 12.1. The van der Waals surface area contributed by atoms with E-state index in [4.69, 9.17) is 4.74 Å². The lowest BCUT2D eigenvalue weighted by Gasteiger charge is -2.47. The van der Waals surface area contributed by atoms with Gasteiger partial charge < -0.3 is 4.74 Å². The Hall–Kier alpha value is -0.550. The zero-order valence-corrected chi connectivity index (χ0v) is 16.5. The van der Waals surface area contributed by atoms with Crippen LogP contribution in [0.4, 0.5) is 0 Å². The summed E-state index contributed by atoms with van der Waals surface area (Å²) in [5.74, 6) is 2.13. The highest BCUT2D eigenvalue weighted by Gasteiger charge is 2.64. The molecule has 1 N–H and O–H groups in total. The van der Waals surface area contributed by atoms with Crippen molar-refractivity contribution in [3.05, 3.63) is 35.9 Å². The molecular formula is C21H32N2OS. The number of nitrogens with zero attached hydrogens (tertiary/aromatic N) is 1. The van der Waals surface area contributed by atoms with Crippen LogP contribution in [0.25, 0.3) is 0 Å². The lowest BCUT2D eigenvalue weighted by molar-refractivity contribution is -0.0251. The summed E-state index contributed by atoms with van der Waals surface area (Å²) in [6, 6.07) is 11.5. The molecule has 0 spiro atoms. The molecule has 1 saturated heterocycles. The molecule has 1 heterocycles. The second-order valence-electron chi connectivity index (χ2n) is 8.61. The van der Waals surface area contributed by atoms with E-state index in [0.29, 0.717) is 10.8 Å². The van der Waals surface area contributed by atoms with Crippen molar-refractivity contribution in [3.8, 4) is 0 Å². The third-order valence-corrected chi connectivity index (χ3v) is 8.43. The van der Waals surface area contributed by atoms with Gasteiger partial charge in [-0.3, -0.25) is 9.62 Å². The lowest BCUT2D eigenvalue weighted by Crippen LogP contribution is -2.53. The van der Waals surface area contributed by atoms with Gasteiger partial charge in [-0.15, -0.1) is 0 Å². The fourth-order valence-electron chi connectivity index (χ4n) is 5.68. The summed E-state index contributed by atoms with van der Waals surface area (Å²) in [7, 11) is 0. The fourth-order valence-corrected chi connectivity index (χ4v) is 7.01. The molecule has 2 aliphatic carbocycles. The van der Waals surface area contributed by atoms with Crippen molar-refractivity contribution in [2.75, 3.05) is 32.1 Å². The molecule has 3 fully saturated rings. The number of rotatable bonds is 6. The number of hydrogen-bond donors (Lipinski definition) is 1. The summed E-state index contributed by atoms with van der Waals surface area (Å²) >= 11 is 1.96. The molecule has 1 aliphatic heterocycles. The number of hydrogen-bond acceptors (Lipinski definition) is 4. The third kappa shape index (κ3) is 3.16. The van der Waals surface area contributed by atoms with E-state index in [9.17, 15) is 0 Å². The molecule has 4 rings (SSSR count). The molecule has 3 aliphatic rings. The molecule has 25 heavy (non-hydrogen) atoms.